The summed E-state index contributed by atoms with van der Waals surface area (Å²) in [6.07, 6.45) is 0.987. The Kier molecular flexibility index (Phi) is 3.61. The molecular weight excluding hydrogens is 288 g/mol. The summed E-state index contributed by atoms with van der Waals surface area (Å²) in [7, 11) is 0. The zero-order chi connectivity index (χ0) is 16.7. The first kappa shape index (κ1) is 15.0. The molecule has 0 unspecified atom stereocenters. The van der Waals surface area contributed by atoms with Crippen molar-refractivity contribution in [1.82, 2.24) is 0 Å². The third-order valence-corrected chi connectivity index (χ3v) is 5.08. The van der Waals surface area contributed by atoms with Crippen LogP contribution in [0, 0.1) is 20.8 Å². The van der Waals surface area contributed by atoms with E-state index in [1.807, 2.05) is 0 Å². The molecule has 0 amide bonds. The lowest BCUT2D eigenvalue weighted by Gasteiger charge is -2.13. The Morgan fingerprint density at radius 2 is 1.38 bits per heavy atom. The molecule has 4 aromatic carbocycles. The molecule has 118 valence electrons. The van der Waals surface area contributed by atoms with E-state index in [1.165, 1.54) is 49.4 Å². The predicted octanol–water partition coefficient (Wildman–Crippen LogP) is 6.51. The van der Waals surface area contributed by atoms with Crippen LogP contribution in [0.15, 0.2) is 66.7 Å². The molecule has 4 aromatic rings. The second kappa shape index (κ2) is 5.79. The van der Waals surface area contributed by atoms with Gasteiger partial charge in [0.05, 0.1) is 0 Å². The van der Waals surface area contributed by atoms with E-state index >= 15 is 0 Å². The lowest BCUT2D eigenvalue weighted by Crippen LogP contribution is -1.95. The smallest absolute Gasteiger partial charge is 0.00226 e. The van der Waals surface area contributed by atoms with Crippen molar-refractivity contribution in [3.05, 3.63) is 94.5 Å². The highest BCUT2D eigenvalue weighted by molar-refractivity contribution is 5.89. The van der Waals surface area contributed by atoms with Gasteiger partial charge >= 0.3 is 0 Å². The third-order valence-electron chi connectivity index (χ3n) is 5.08. The average molecular weight is 310 g/mol. The van der Waals surface area contributed by atoms with Gasteiger partial charge in [-0.2, -0.15) is 0 Å². The first-order chi connectivity index (χ1) is 11.6. The van der Waals surface area contributed by atoms with E-state index in [4.69, 9.17) is 0 Å². The minimum Gasteiger partial charge on any atom is -0.0616 e. The Morgan fingerprint density at radius 1 is 0.667 bits per heavy atom. The summed E-state index contributed by atoms with van der Waals surface area (Å²) in [6, 6.07) is 24.6. The van der Waals surface area contributed by atoms with Crippen molar-refractivity contribution in [2.75, 3.05) is 0 Å². The van der Waals surface area contributed by atoms with E-state index in [1.54, 1.807) is 0 Å². The van der Waals surface area contributed by atoms with Crippen LogP contribution >= 0.6 is 0 Å². The topological polar surface area (TPSA) is 0 Å². The number of fused-ring (bicyclic) bond motifs is 2. The summed E-state index contributed by atoms with van der Waals surface area (Å²) < 4.78 is 0. The summed E-state index contributed by atoms with van der Waals surface area (Å²) in [5.41, 5.74) is 6.89. The van der Waals surface area contributed by atoms with Crippen molar-refractivity contribution in [2.24, 2.45) is 0 Å². The zero-order valence-corrected chi connectivity index (χ0v) is 14.6. The summed E-state index contributed by atoms with van der Waals surface area (Å²) in [6.45, 7) is 6.62. The van der Waals surface area contributed by atoms with Crippen molar-refractivity contribution in [1.29, 1.82) is 0 Å². The van der Waals surface area contributed by atoms with Crippen LogP contribution in [-0.4, -0.2) is 0 Å². The molecule has 0 saturated carbocycles. The standard InChI is InChI=1S/C24H22/c1-16-8-10-21-14-19(9-11-20(21)12-16)15-22-13-17(2)23-6-4-5-7-24(23)18(22)3/h4-14H,15H2,1-3H3. The van der Waals surface area contributed by atoms with Crippen LogP contribution < -0.4 is 0 Å². The molecule has 0 saturated heterocycles. The zero-order valence-electron chi connectivity index (χ0n) is 14.6. The molecule has 0 aliphatic rings. The molecule has 0 spiro atoms. The molecule has 0 aliphatic carbocycles. The van der Waals surface area contributed by atoms with Crippen LogP contribution in [0.1, 0.15) is 27.8 Å². The average Bonchev–Trinajstić information content (AvgIpc) is 2.59. The van der Waals surface area contributed by atoms with Crippen molar-refractivity contribution in [3.63, 3.8) is 0 Å². The molecule has 0 bridgehead atoms. The molecule has 0 aliphatic heterocycles. The van der Waals surface area contributed by atoms with Gasteiger partial charge in [0.1, 0.15) is 0 Å². The molecule has 4 rings (SSSR count). The van der Waals surface area contributed by atoms with Crippen LogP contribution in [-0.2, 0) is 6.42 Å². The summed E-state index contributed by atoms with van der Waals surface area (Å²) >= 11 is 0. The molecule has 0 nitrogen and oxygen atoms in total. The number of benzene rings is 4. The summed E-state index contributed by atoms with van der Waals surface area (Å²) in [5, 5.41) is 5.40. The minimum absolute atomic E-state index is 0.987. The van der Waals surface area contributed by atoms with Crippen LogP contribution in [0.2, 0.25) is 0 Å². The van der Waals surface area contributed by atoms with E-state index in [-0.39, 0.29) is 0 Å². The lowest BCUT2D eigenvalue weighted by atomic mass is 9.92. The van der Waals surface area contributed by atoms with Crippen LogP contribution in [0.5, 0.6) is 0 Å². The van der Waals surface area contributed by atoms with Crippen LogP contribution in [0.4, 0.5) is 0 Å². The van der Waals surface area contributed by atoms with Gasteiger partial charge in [0.15, 0.2) is 0 Å². The van der Waals surface area contributed by atoms with Crippen molar-refractivity contribution in [3.8, 4) is 0 Å². The van der Waals surface area contributed by atoms with Gasteiger partial charge in [0, 0.05) is 0 Å². The van der Waals surface area contributed by atoms with Crippen LogP contribution in [0.25, 0.3) is 21.5 Å². The maximum absolute atomic E-state index is 2.36. The number of hydrogen-bond acceptors (Lipinski definition) is 0. The first-order valence-corrected chi connectivity index (χ1v) is 8.59. The predicted molar refractivity (Wildman–Crippen MR) is 105 cm³/mol. The normalized spacial score (nSPS) is 11.3. The maximum Gasteiger partial charge on any atom is -0.00226 e. The first-order valence-electron chi connectivity index (χ1n) is 8.59. The highest BCUT2D eigenvalue weighted by Gasteiger charge is 2.08. The molecule has 0 heterocycles. The summed E-state index contributed by atoms with van der Waals surface area (Å²) in [4.78, 5) is 0. The Balaban J connectivity index is 1.79. The van der Waals surface area contributed by atoms with Gasteiger partial charge in [0.2, 0.25) is 0 Å². The Bertz CT molecular complexity index is 1050. The quantitative estimate of drug-likeness (QED) is 0.396. The largest absolute Gasteiger partial charge is 0.0616 e. The molecular formula is C24H22. The van der Waals surface area contributed by atoms with Crippen molar-refractivity contribution < 1.29 is 0 Å². The monoisotopic (exact) mass is 310 g/mol. The summed E-state index contributed by atoms with van der Waals surface area (Å²) in [5.74, 6) is 0. The van der Waals surface area contributed by atoms with E-state index in [9.17, 15) is 0 Å². The molecule has 0 radical (unpaired) electrons. The van der Waals surface area contributed by atoms with E-state index < -0.39 is 0 Å². The van der Waals surface area contributed by atoms with Gasteiger partial charge in [0.25, 0.3) is 0 Å². The van der Waals surface area contributed by atoms with Gasteiger partial charge in [-0.15, -0.1) is 0 Å². The SMILES string of the molecule is Cc1ccc2cc(Cc3cc(C)c4ccccc4c3C)ccc2c1. The fraction of sp³-hybridized carbons (Fsp3) is 0.167. The molecule has 24 heavy (non-hydrogen) atoms. The molecule has 0 heteroatoms. The van der Waals surface area contributed by atoms with Crippen molar-refractivity contribution >= 4 is 21.5 Å². The maximum atomic E-state index is 2.36. The molecule has 0 aromatic heterocycles. The second-order valence-electron chi connectivity index (χ2n) is 6.88. The molecule has 0 fully saturated rings. The highest BCUT2D eigenvalue weighted by atomic mass is 14.1. The Labute approximate surface area is 143 Å². The minimum atomic E-state index is 0.987. The van der Waals surface area contributed by atoms with E-state index in [0.717, 1.165) is 6.42 Å². The van der Waals surface area contributed by atoms with Gasteiger partial charge in [-0.1, -0.05) is 72.3 Å². The lowest BCUT2D eigenvalue weighted by molar-refractivity contribution is 1.16. The van der Waals surface area contributed by atoms with E-state index in [2.05, 4.69) is 87.5 Å². The number of hydrogen-bond donors (Lipinski definition) is 0. The fourth-order valence-corrected chi connectivity index (χ4v) is 3.70. The number of aryl methyl sites for hydroxylation is 3. The molecule has 0 atom stereocenters. The van der Waals surface area contributed by atoms with E-state index in [0.29, 0.717) is 0 Å². The third kappa shape index (κ3) is 2.59. The van der Waals surface area contributed by atoms with Crippen LogP contribution in [0.3, 0.4) is 0 Å². The Morgan fingerprint density at radius 3 is 2.21 bits per heavy atom. The van der Waals surface area contributed by atoms with Gasteiger partial charge in [-0.25, -0.2) is 0 Å². The second-order valence-corrected chi connectivity index (χ2v) is 6.88. The highest BCUT2D eigenvalue weighted by Crippen LogP contribution is 2.28. The number of rotatable bonds is 2. The van der Waals surface area contributed by atoms with Gasteiger partial charge in [-0.3, -0.25) is 0 Å². The Hall–Kier alpha value is -2.60. The molecule has 0 N–H and O–H groups in total. The van der Waals surface area contributed by atoms with Gasteiger partial charge < -0.3 is 0 Å². The van der Waals surface area contributed by atoms with Gasteiger partial charge in [-0.05, 0) is 71.0 Å². The fourth-order valence-electron chi connectivity index (χ4n) is 3.70. The van der Waals surface area contributed by atoms with Crippen molar-refractivity contribution in [2.45, 2.75) is 27.2 Å².